The van der Waals surface area contributed by atoms with Crippen LogP contribution in [0.2, 0.25) is 0 Å². The molecule has 0 amide bonds. The molecular weight excluding hydrogens is 555 g/mol. The number of hydrogen-bond acceptors (Lipinski definition) is 0. The maximum atomic E-state index is 2.46. The quantitative estimate of drug-likeness (QED) is 0.131. The molecule has 0 bridgehead atoms. The molecule has 46 heavy (non-hydrogen) atoms. The maximum Gasteiger partial charge on any atom is 0.0544 e. The standard InChI is InChI=1S/C45H43N/c1-2-3-4-5-6-8-17-32-26-27-33(36-21-12-11-20-35(32)36)28-29-39-37-22-13-14-23-38(37)40-30-31-43-45(44(39)40)41-24-15-16-25-42(41)46(43)34-18-9-7-10-19-34/h7,9-16,18-27,30-31,39H,2-6,8,17,28-29H2,1H3. The molecule has 1 heteroatoms. The van der Waals surface area contributed by atoms with Crippen LogP contribution in [0.1, 0.15) is 80.0 Å². The lowest BCUT2D eigenvalue weighted by Gasteiger charge is -2.17. The lowest BCUT2D eigenvalue weighted by Crippen LogP contribution is -2.01. The van der Waals surface area contributed by atoms with Gasteiger partial charge >= 0.3 is 0 Å². The number of aryl methyl sites for hydroxylation is 2. The van der Waals surface area contributed by atoms with Gasteiger partial charge in [-0.15, -0.1) is 0 Å². The third-order valence-corrected chi connectivity index (χ3v) is 10.5. The second-order valence-corrected chi connectivity index (χ2v) is 13.2. The molecule has 1 heterocycles. The van der Waals surface area contributed by atoms with Crippen LogP contribution in [0, 0.1) is 0 Å². The van der Waals surface area contributed by atoms with E-state index >= 15 is 0 Å². The number of hydrogen-bond donors (Lipinski definition) is 0. The van der Waals surface area contributed by atoms with Crippen molar-refractivity contribution in [2.24, 2.45) is 0 Å². The molecule has 0 radical (unpaired) electrons. The topological polar surface area (TPSA) is 4.93 Å². The molecule has 228 valence electrons. The first-order valence-corrected chi connectivity index (χ1v) is 17.5. The Labute approximate surface area is 273 Å². The van der Waals surface area contributed by atoms with E-state index in [-0.39, 0.29) is 0 Å². The monoisotopic (exact) mass is 597 g/mol. The Bertz CT molecular complexity index is 2150. The Morgan fingerprint density at radius 3 is 1.96 bits per heavy atom. The number of aromatic nitrogens is 1. The Morgan fingerprint density at radius 2 is 1.15 bits per heavy atom. The van der Waals surface area contributed by atoms with Crippen LogP contribution in [0.25, 0.3) is 49.4 Å². The van der Waals surface area contributed by atoms with Crippen molar-refractivity contribution in [2.45, 2.75) is 70.6 Å². The predicted molar refractivity (Wildman–Crippen MR) is 197 cm³/mol. The lowest BCUT2D eigenvalue weighted by molar-refractivity contribution is 0.608. The molecule has 0 fully saturated rings. The summed E-state index contributed by atoms with van der Waals surface area (Å²) in [6.45, 7) is 2.29. The summed E-state index contributed by atoms with van der Waals surface area (Å²) in [5.41, 5.74) is 12.6. The third kappa shape index (κ3) is 5.03. The summed E-state index contributed by atoms with van der Waals surface area (Å²) < 4.78 is 2.46. The second-order valence-electron chi connectivity index (χ2n) is 13.2. The average Bonchev–Trinajstić information content (AvgIpc) is 3.62. The minimum Gasteiger partial charge on any atom is -0.309 e. The zero-order valence-corrected chi connectivity index (χ0v) is 27.0. The van der Waals surface area contributed by atoms with E-state index in [1.54, 1.807) is 0 Å². The zero-order chi connectivity index (χ0) is 30.9. The van der Waals surface area contributed by atoms with Gasteiger partial charge in [-0.05, 0) is 94.1 Å². The van der Waals surface area contributed by atoms with E-state index in [1.807, 2.05) is 0 Å². The number of para-hydroxylation sites is 2. The van der Waals surface area contributed by atoms with E-state index in [2.05, 4.69) is 139 Å². The zero-order valence-electron chi connectivity index (χ0n) is 27.0. The summed E-state index contributed by atoms with van der Waals surface area (Å²) in [6, 6.07) is 47.8. The molecule has 0 spiro atoms. The Morgan fingerprint density at radius 1 is 0.500 bits per heavy atom. The first-order valence-electron chi connectivity index (χ1n) is 17.5. The van der Waals surface area contributed by atoms with E-state index in [4.69, 9.17) is 0 Å². The Balaban J connectivity index is 1.18. The largest absolute Gasteiger partial charge is 0.309 e. The van der Waals surface area contributed by atoms with Gasteiger partial charge in [-0.3, -0.25) is 0 Å². The molecule has 1 aliphatic carbocycles. The minimum atomic E-state index is 0.353. The van der Waals surface area contributed by atoms with E-state index in [0.717, 1.165) is 12.8 Å². The van der Waals surface area contributed by atoms with E-state index < -0.39 is 0 Å². The maximum absolute atomic E-state index is 2.46. The molecule has 1 aromatic heterocycles. The highest BCUT2D eigenvalue weighted by molar-refractivity contribution is 6.14. The Kier molecular flexibility index (Phi) is 7.92. The lowest BCUT2D eigenvalue weighted by atomic mass is 9.86. The van der Waals surface area contributed by atoms with Crippen molar-refractivity contribution in [2.75, 3.05) is 0 Å². The number of fused-ring (bicyclic) bond motifs is 8. The van der Waals surface area contributed by atoms with Gasteiger partial charge in [0.2, 0.25) is 0 Å². The third-order valence-electron chi connectivity index (χ3n) is 10.5. The second kappa shape index (κ2) is 12.6. The van der Waals surface area contributed by atoms with Gasteiger partial charge in [0, 0.05) is 22.4 Å². The summed E-state index contributed by atoms with van der Waals surface area (Å²) in [6.07, 6.45) is 11.4. The van der Waals surface area contributed by atoms with Crippen LogP contribution in [-0.4, -0.2) is 4.57 Å². The fraction of sp³-hybridized carbons (Fsp3) is 0.244. The summed E-state index contributed by atoms with van der Waals surface area (Å²) in [5, 5.41) is 5.66. The summed E-state index contributed by atoms with van der Waals surface area (Å²) >= 11 is 0. The first-order chi connectivity index (χ1) is 22.8. The molecule has 0 aliphatic heterocycles. The number of nitrogens with zero attached hydrogens (tertiary/aromatic N) is 1. The number of rotatable bonds is 11. The minimum absolute atomic E-state index is 0.353. The van der Waals surface area contributed by atoms with Gasteiger partial charge in [0.1, 0.15) is 0 Å². The normalized spacial score (nSPS) is 13.9. The fourth-order valence-corrected chi connectivity index (χ4v) is 8.30. The highest BCUT2D eigenvalue weighted by Gasteiger charge is 2.32. The van der Waals surface area contributed by atoms with E-state index in [9.17, 15) is 0 Å². The van der Waals surface area contributed by atoms with E-state index in [1.165, 1.54) is 117 Å². The van der Waals surface area contributed by atoms with Crippen LogP contribution in [0.5, 0.6) is 0 Å². The highest BCUT2D eigenvalue weighted by Crippen LogP contribution is 2.52. The molecule has 0 N–H and O–H groups in total. The SMILES string of the molecule is CCCCCCCCc1ccc(CCC2c3ccccc3-c3ccc4c(c32)c2ccccc2n4-c2ccccc2)c2ccccc12. The fourth-order valence-electron chi connectivity index (χ4n) is 8.30. The molecule has 8 rings (SSSR count). The molecule has 0 saturated heterocycles. The smallest absolute Gasteiger partial charge is 0.0544 e. The molecule has 1 atom stereocenters. The van der Waals surface area contributed by atoms with Crippen molar-refractivity contribution in [1.29, 1.82) is 0 Å². The van der Waals surface area contributed by atoms with Crippen LogP contribution in [0.15, 0.2) is 127 Å². The number of benzene rings is 6. The van der Waals surface area contributed by atoms with Gasteiger partial charge in [0.15, 0.2) is 0 Å². The van der Waals surface area contributed by atoms with Gasteiger partial charge in [-0.1, -0.05) is 142 Å². The van der Waals surface area contributed by atoms with Crippen LogP contribution < -0.4 is 0 Å². The van der Waals surface area contributed by atoms with Gasteiger partial charge in [-0.2, -0.15) is 0 Å². The van der Waals surface area contributed by atoms with Crippen LogP contribution in [-0.2, 0) is 12.8 Å². The van der Waals surface area contributed by atoms with Crippen molar-refractivity contribution in [1.82, 2.24) is 4.57 Å². The van der Waals surface area contributed by atoms with Crippen molar-refractivity contribution >= 4 is 32.6 Å². The van der Waals surface area contributed by atoms with Crippen LogP contribution >= 0.6 is 0 Å². The molecule has 7 aromatic rings. The highest BCUT2D eigenvalue weighted by atomic mass is 15.0. The van der Waals surface area contributed by atoms with Gasteiger partial charge in [0.05, 0.1) is 11.0 Å². The predicted octanol–water partition coefficient (Wildman–Crippen LogP) is 12.6. The van der Waals surface area contributed by atoms with Gasteiger partial charge in [-0.25, -0.2) is 0 Å². The molecule has 0 saturated carbocycles. The van der Waals surface area contributed by atoms with Crippen molar-refractivity contribution in [3.63, 3.8) is 0 Å². The molecule has 1 aliphatic rings. The van der Waals surface area contributed by atoms with Gasteiger partial charge in [0.25, 0.3) is 0 Å². The summed E-state index contributed by atoms with van der Waals surface area (Å²) in [4.78, 5) is 0. The first kappa shape index (κ1) is 28.8. The number of unbranched alkanes of at least 4 members (excludes halogenated alkanes) is 5. The van der Waals surface area contributed by atoms with Gasteiger partial charge < -0.3 is 4.57 Å². The summed E-state index contributed by atoms with van der Waals surface area (Å²) in [5.74, 6) is 0.353. The average molecular weight is 598 g/mol. The van der Waals surface area contributed by atoms with Crippen molar-refractivity contribution < 1.29 is 0 Å². The Hall–Kier alpha value is -4.62. The molecular formula is C45H43N. The van der Waals surface area contributed by atoms with Crippen LogP contribution in [0.4, 0.5) is 0 Å². The summed E-state index contributed by atoms with van der Waals surface area (Å²) in [7, 11) is 0. The van der Waals surface area contributed by atoms with Crippen LogP contribution in [0.3, 0.4) is 0 Å². The molecule has 1 nitrogen and oxygen atoms in total. The molecule has 1 unspecified atom stereocenters. The van der Waals surface area contributed by atoms with Crippen molar-refractivity contribution in [3.8, 4) is 16.8 Å². The van der Waals surface area contributed by atoms with Crippen molar-refractivity contribution in [3.05, 3.63) is 150 Å². The molecule has 6 aromatic carbocycles. The van der Waals surface area contributed by atoms with E-state index in [0.29, 0.717) is 5.92 Å².